The van der Waals surface area contributed by atoms with Gasteiger partial charge in [-0.15, -0.1) is 0 Å². The molecule has 0 saturated carbocycles. The number of rotatable bonds is 5. The molecule has 0 amide bonds. The van der Waals surface area contributed by atoms with E-state index < -0.39 is 16.1 Å². The number of hydrogen-bond acceptors (Lipinski definition) is 4. The summed E-state index contributed by atoms with van der Waals surface area (Å²) in [7, 11) is -3.59. The van der Waals surface area contributed by atoms with E-state index in [1.807, 2.05) is 0 Å². The van der Waals surface area contributed by atoms with Crippen LogP contribution < -0.4 is 4.72 Å². The number of nitrogens with one attached hydrogen (secondary N) is 1. The summed E-state index contributed by atoms with van der Waals surface area (Å²) in [6, 6.07) is 1.45. The summed E-state index contributed by atoms with van der Waals surface area (Å²) in [6.45, 7) is 1.78. The largest absolute Gasteiger partial charge is 0.392 e. The first-order valence-electron chi connectivity index (χ1n) is 4.74. The van der Waals surface area contributed by atoms with Gasteiger partial charge in [0, 0.05) is 23.4 Å². The second-order valence-electron chi connectivity index (χ2n) is 3.25. The van der Waals surface area contributed by atoms with Crippen LogP contribution in [0, 0.1) is 0 Å². The first-order chi connectivity index (χ1) is 7.45. The Hall–Kier alpha value is -0.500. The molecule has 1 aromatic heterocycles. The normalized spacial score (nSPS) is 13.7. The van der Waals surface area contributed by atoms with Crippen molar-refractivity contribution in [3.05, 3.63) is 22.9 Å². The van der Waals surface area contributed by atoms with Crippen LogP contribution in [0.4, 0.5) is 0 Å². The third-order valence-corrected chi connectivity index (χ3v) is 3.79. The topological polar surface area (TPSA) is 79.3 Å². The molecule has 1 unspecified atom stereocenters. The Morgan fingerprint density at radius 3 is 2.81 bits per heavy atom. The Kier molecular flexibility index (Phi) is 4.85. The van der Waals surface area contributed by atoms with Gasteiger partial charge in [-0.25, -0.2) is 13.1 Å². The number of aliphatic hydroxyl groups excluding tert-OH is 1. The standard InChI is InChI=1S/C9H13BrN2O3S/c1-2-8(13)5-12-16(14,15)9-3-7(10)4-11-6-9/h3-4,6,8,12-13H,2,5H2,1H3. The number of pyridine rings is 1. The Labute approximate surface area is 103 Å². The molecule has 1 rings (SSSR count). The average molecular weight is 309 g/mol. The highest BCUT2D eigenvalue weighted by molar-refractivity contribution is 9.10. The van der Waals surface area contributed by atoms with E-state index in [1.165, 1.54) is 18.5 Å². The number of sulfonamides is 1. The van der Waals surface area contributed by atoms with Gasteiger partial charge in [-0.3, -0.25) is 4.98 Å². The molecule has 0 spiro atoms. The first-order valence-corrected chi connectivity index (χ1v) is 7.01. The molecule has 90 valence electrons. The van der Waals surface area contributed by atoms with Crippen molar-refractivity contribution in [2.75, 3.05) is 6.54 Å². The molecular weight excluding hydrogens is 296 g/mol. The Balaban J connectivity index is 2.78. The maximum atomic E-state index is 11.7. The van der Waals surface area contributed by atoms with Crippen LogP contribution in [0.1, 0.15) is 13.3 Å². The summed E-state index contributed by atoms with van der Waals surface area (Å²) in [5, 5.41) is 9.27. The molecule has 2 N–H and O–H groups in total. The van der Waals surface area contributed by atoms with Crippen molar-refractivity contribution >= 4 is 26.0 Å². The van der Waals surface area contributed by atoms with Gasteiger partial charge in [0.15, 0.2) is 0 Å². The summed E-state index contributed by atoms with van der Waals surface area (Å²) in [5.74, 6) is 0. The lowest BCUT2D eigenvalue weighted by atomic mass is 10.3. The van der Waals surface area contributed by atoms with Crippen LogP contribution in [-0.2, 0) is 10.0 Å². The molecule has 5 nitrogen and oxygen atoms in total. The van der Waals surface area contributed by atoms with E-state index in [9.17, 15) is 13.5 Å². The molecule has 16 heavy (non-hydrogen) atoms. The molecule has 7 heteroatoms. The summed E-state index contributed by atoms with van der Waals surface area (Å²) in [6.07, 6.45) is 2.58. The summed E-state index contributed by atoms with van der Waals surface area (Å²) >= 11 is 3.14. The van der Waals surface area contributed by atoms with Gasteiger partial charge in [-0.1, -0.05) is 6.92 Å². The minimum absolute atomic E-state index is 0.00530. The number of aromatic nitrogens is 1. The average Bonchev–Trinajstić information content (AvgIpc) is 2.26. The molecule has 0 aliphatic rings. The smallest absolute Gasteiger partial charge is 0.242 e. The van der Waals surface area contributed by atoms with Crippen LogP contribution in [0.2, 0.25) is 0 Å². The van der Waals surface area contributed by atoms with Gasteiger partial charge in [0.2, 0.25) is 10.0 Å². The van der Waals surface area contributed by atoms with Crippen LogP contribution >= 0.6 is 15.9 Å². The Morgan fingerprint density at radius 2 is 2.25 bits per heavy atom. The minimum atomic E-state index is -3.59. The van der Waals surface area contributed by atoms with Crippen molar-refractivity contribution in [3.63, 3.8) is 0 Å². The van der Waals surface area contributed by atoms with Gasteiger partial charge in [-0.05, 0) is 28.4 Å². The van der Waals surface area contributed by atoms with Crippen molar-refractivity contribution in [1.29, 1.82) is 0 Å². The fourth-order valence-electron chi connectivity index (χ4n) is 0.973. The zero-order chi connectivity index (χ0) is 12.2. The van der Waals surface area contributed by atoms with Gasteiger partial charge < -0.3 is 5.11 Å². The second-order valence-corrected chi connectivity index (χ2v) is 5.94. The maximum absolute atomic E-state index is 11.7. The Bertz CT molecular complexity index is 450. The quantitative estimate of drug-likeness (QED) is 0.847. The van der Waals surface area contributed by atoms with Gasteiger partial charge in [-0.2, -0.15) is 0 Å². The monoisotopic (exact) mass is 308 g/mol. The number of halogens is 1. The van der Waals surface area contributed by atoms with Gasteiger partial charge in [0.05, 0.1) is 6.10 Å². The van der Waals surface area contributed by atoms with E-state index >= 15 is 0 Å². The lowest BCUT2D eigenvalue weighted by molar-refractivity contribution is 0.174. The maximum Gasteiger partial charge on any atom is 0.242 e. The van der Waals surface area contributed by atoms with Crippen LogP contribution in [0.25, 0.3) is 0 Å². The third kappa shape index (κ3) is 3.82. The van der Waals surface area contributed by atoms with E-state index in [-0.39, 0.29) is 11.4 Å². The summed E-state index contributed by atoms with van der Waals surface area (Å²) < 4.78 is 26.3. The first kappa shape index (κ1) is 13.6. The lowest BCUT2D eigenvalue weighted by Crippen LogP contribution is -2.31. The van der Waals surface area contributed by atoms with Crippen molar-refractivity contribution in [2.24, 2.45) is 0 Å². The van der Waals surface area contributed by atoms with E-state index in [0.29, 0.717) is 10.9 Å². The van der Waals surface area contributed by atoms with Crippen molar-refractivity contribution in [2.45, 2.75) is 24.3 Å². The zero-order valence-corrected chi connectivity index (χ0v) is 11.1. The van der Waals surface area contributed by atoms with E-state index in [4.69, 9.17) is 0 Å². The summed E-state index contributed by atoms with van der Waals surface area (Å²) in [5.41, 5.74) is 0. The molecule has 0 aliphatic heterocycles. The second kappa shape index (κ2) is 5.72. The van der Waals surface area contributed by atoms with Crippen molar-refractivity contribution in [1.82, 2.24) is 9.71 Å². The molecule has 0 aliphatic carbocycles. The van der Waals surface area contributed by atoms with Crippen LogP contribution in [0.3, 0.4) is 0 Å². The fourth-order valence-corrected chi connectivity index (χ4v) is 2.55. The van der Waals surface area contributed by atoms with Crippen LogP contribution in [0.15, 0.2) is 27.8 Å². The number of hydrogen-bond donors (Lipinski definition) is 2. The highest BCUT2D eigenvalue weighted by Gasteiger charge is 2.15. The predicted octanol–water partition coefficient (Wildman–Crippen LogP) is 0.893. The number of aliphatic hydroxyl groups is 1. The molecule has 0 fully saturated rings. The zero-order valence-electron chi connectivity index (χ0n) is 8.72. The lowest BCUT2D eigenvalue weighted by Gasteiger charge is -2.10. The Morgan fingerprint density at radius 1 is 1.56 bits per heavy atom. The van der Waals surface area contributed by atoms with Gasteiger partial charge in [0.1, 0.15) is 4.90 Å². The van der Waals surface area contributed by atoms with Crippen molar-refractivity contribution in [3.8, 4) is 0 Å². The van der Waals surface area contributed by atoms with E-state index in [1.54, 1.807) is 6.92 Å². The highest BCUT2D eigenvalue weighted by atomic mass is 79.9. The molecule has 0 bridgehead atoms. The number of nitrogens with zero attached hydrogens (tertiary/aromatic N) is 1. The molecule has 1 atom stereocenters. The third-order valence-electron chi connectivity index (χ3n) is 1.97. The van der Waals surface area contributed by atoms with Crippen LogP contribution in [0.5, 0.6) is 0 Å². The van der Waals surface area contributed by atoms with E-state index in [2.05, 4.69) is 25.6 Å². The molecule has 1 aromatic rings. The molecule has 0 aromatic carbocycles. The van der Waals surface area contributed by atoms with Crippen molar-refractivity contribution < 1.29 is 13.5 Å². The fraction of sp³-hybridized carbons (Fsp3) is 0.444. The van der Waals surface area contributed by atoms with E-state index in [0.717, 1.165) is 0 Å². The molecule has 0 radical (unpaired) electrons. The predicted molar refractivity (Wildman–Crippen MR) is 63.4 cm³/mol. The SMILES string of the molecule is CCC(O)CNS(=O)(=O)c1cncc(Br)c1. The molecule has 1 heterocycles. The minimum Gasteiger partial charge on any atom is -0.392 e. The van der Waals surface area contributed by atoms with Gasteiger partial charge >= 0.3 is 0 Å². The van der Waals surface area contributed by atoms with Crippen LogP contribution in [-0.4, -0.2) is 31.2 Å². The molecular formula is C9H13BrN2O3S. The molecule has 0 saturated heterocycles. The summed E-state index contributed by atoms with van der Waals surface area (Å²) in [4.78, 5) is 3.84. The van der Waals surface area contributed by atoms with Gasteiger partial charge in [0.25, 0.3) is 0 Å². The highest BCUT2D eigenvalue weighted by Crippen LogP contribution is 2.13.